The van der Waals surface area contributed by atoms with Gasteiger partial charge < -0.3 is 11.5 Å². The molecule has 0 unspecified atom stereocenters. The van der Waals surface area contributed by atoms with Gasteiger partial charge in [-0.1, -0.05) is 29.8 Å². The molecule has 0 amide bonds. The molecule has 10 nitrogen and oxygen atoms in total. The van der Waals surface area contributed by atoms with Crippen LogP contribution in [0.15, 0.2) is 21.9 Å². The van der Waals surface area contributed by atoms with Gasteiger partial charge in [0, 0.05) is 4.83 Å². The molecule has 13 heteroatoms. The summed E-state index contributed by atoms with van der Waals surface area (Å²) in [5.74, 6) is 0.910. The molecule has 0 atom stereocenters. The van der Waals surface area contributed by atoms with Crippen LogP contribution in [0.2, 0.25) is 0 Å². The zero-order chi connectivity index (χ0) is 22.0. The zero-order valence-electron chi connectivity index (χ0n) is 16.5. The number of anilines is 2. The Hall–Kier alpha value is -1.86. The Morgan fingerprint density at radius 2 is 1.50 bits per heavy atom. The molecule has 172 valence electrons. The maximum Gasteiger partial charge on any atom is 0.187 e. The molecule has 0 radical (unpaired) electrons. The lowest BCUT2D eigenvalue weighted by molar-refractivity contribution is 0.295. The molecule has 2 fully saturated rings. The summed E-state index contributed by atoms with van der Waals surface area (Å²) in [6.45, 7) is 0. The van der Waals surface area contributed by atoms with Gasteiger partial charge in [0.15, 0.2) is 11.3 Å². The number of hydrogen-bond acceptors (Lipinski definition) is 8. The largest absolute Gasteiger partial charge is 0.383 e. The third-order valence-corrected chi connectivity index (χ3v) is 7.31. The highest BCUT2D eigenvalue weighted by Crippen LogP contribution is 2.36. The summed E-state index contributed by atoms with van der Waals surface area (Å²) in [7, 11) is 0. The van der Waals surface area contributed by atoms with Crippen molar-refractivity contribution in [2.24, 2.45) is 0 Å². The Morgan fingerprint density at radius 1 is 0.906 bits per heavy atom. The fraction of sp³-hybridized carbons (Fsp3) is 0.474. The molecule has 4 aromatic heterocycles. The van der Waals surface area contributed by atoms with Crippen molar-refractivity contribution in [3.05, 3.63) is 21.9 Å². The molecule has 0 saturated heterocycles. The van der Waals surface area contributed by atoms with Crippen molar-refractivity contribution < 1.29 is 0 Å². The third kappa shape index (κ3) is 5.20. The molecule has 0 bridgehead atoms. The average Bonchev–Trinajstić information content (AvgIpc) is 3.22. The molecule has 0 aliphatic heterocycles. The van der Waals surface area contributed by atoms with Crippen molar-refractivity contribution in [2.45, 2.75) is 56.8 Å². The lowest BCUT2D eigenvalue weighted by atomic mass is 9.93. The lowest BCUT2D eigenvalue weighted by Gasteiger charge is -2.25. The van der Waals surface area contributed by atoms with Gasteiger partial charge in [-0.15, -0.1) is 0 Å². The summed E-state index contributed by atoms with van der Waals surface area (Å²) in [6.07, 6.45) is 10.7. The van der Waals surface area contributed by atoms with Crippen molar-refractivity contribution in [2.75, 3.05) is 11.5 Å². The van der Waals surface area contributed by atoms with Crippen LogP contribution in [-0.4, -0.2) is 44.7 Å². The van der Waals surface area contributed by atoms with Gasteiger partial charge in [-0.2, -0.15) is 10.2 Å². The van der Waals surface area contributed by atoms with E-state index in [2.05, 4.69) is 83.0 Å². The van der Waals surface area contributed by atoms with Crippen LogP contribution in [0, 0.1) is 0 Å². The number of aromatic nitrogens is 8. The predicted molar refractivity (Wildman–Crippen MR) is 137 cm³/mol. The second-order valence-electron chi connectivity index (χ2n) is 7.30. The van der Waals surface area contributed by atoms with Gasteiger partial charge in [-0.25, -0.2) is 24.6 Å². The van der Waals surface area contributed by atoms with E-state index in [0.29, 0.717) is 27.9 Å². The highest BCUT2D eigenvalue weighted by molar-refractivity contribution is 9.11. The van der Waals surface area contributed by atoms with Crippen LogP contribution >= 0.6 is 47.8 Å². The summed E-state index contributed by atoms with van der Waals surface area (Å²) >= 11 is 10.1. The van der Waals surface area contributed by atoms with E-state index in [0.717, 1.165) is 25.8 Å². The third-order valence-electron chi connectivity index (χ3n) is 5.27. The zero-order valence-corrected chi connectivity index (χ0v) is 21.2. The maximum absolute atomic E-state index is 5.80. The number of nitrogens with zero attached hydrogens (tertiary/aromatic N) is 7. The highest BCUT2D eigenvalue weighted by atomic mass is 79.9. The van der Waals surface area contributed by atoms with Gasteiger partial charge in [-0.3, -0.25) is 5.10 Å². The minimum atomic E-state index is 0. The normalized spacial score (nSPS) is 15.6. The molecule has 5 N–H and O–H groups in total. The van der Waals surface area contributed by atoms with Crippen LogP contribution in [-0.2, 0) is 0 Å². The molecule has 0 aromatic carbocycles. The number of aromatic amines is 1. The van der Waals surface area contributed by atoms with Gasteiger partial charge in [0.1, 0.15) is 33.5 Å². The van der Waals surface area contributed by atoms with Gasteiger partial charge >= 0.3 is 0 Å². The van der Waals surface area contributed by atoms with E-state index in [4.69, 9.17) is 11.5 Å². The quantitative estimate of drug-likeness (QED) is 0.243. The summed E-state index contributed by atoms with van der Waals surface area (Å²) in [6, 6.07) is 0.480. The minimum Gasteiger partial charge on any atom is -0.383 e. The van der Waals surface area contributed by atoms with Crippen LogP contribution in [0.25, 0.3) is 22.1 Å². The summed E-state index contributed by atoms with van der Waals surface area (Å²) in [4.78, 5) is 16.8. The van der Waals surface area contributed by atoms with Gasteiger partial charge in [0.25, 0.3) is 0 Å². The van der Waals surface area contributed by atoms with Gasteiger partial charge in [-0.05, 0) is 64.0 Å². The number of nitrogen functional groups attached to an aromatic ring is 2. The van der Waals surface area contributed by atoms with E-state index < -0.39 is 0 Å². The predicted octanol–water partition coefficient (Wildman–Crippen LogP) is 5.16. The Kier molecular flexibility index (Phi) is 8.39. The smallest absolute Gasteiger partial charge is 0.187 e. The number of H-pyrrole nitrogens is 1. The van der Waals surface area contributed by atoms with Crippen molar-refractivity contribution in [1.82, 2.24) is 39.9 Å². The van der Waals surface area contributed by atoms with E-state index in [9.17, 15) is 0 Å². The van der Waals surface area contributed by atoms with E-state index in [1.54, 1.807) is 0 Å². The average molecular weight is 633 g/mol. The molecular formula is C19H25Br3N10. The van der Waals surface area contributed by atoms with E-state index in [-0.39, 0.29) is 7.43 Å². The summed E-state index contributed by atoms with van der Waals surface area (Å²) in [5.41, 5.74) is 12.8. The number of alkyl halides is 1. The number of hydrogen-bond donors (Lipinski definition) is 3. The Balaban J connectivity index is 0.000000149. The second kappa shape index (κ2) is 10.8. The van der Waals surface area contributed by atoms with Crippen LogP contribution in [0.3, 0.4) is 0 Å². The molecule has 4 heterocycles. The molecule has 0 spiro atoms. The van der Waals surface area contributed by atoms with E-state index >= 15 is 0 Å². The first-order valence-corrected chi connectivity index (χ1v) is 12.3. The fourth-order valence-corrected chi connectivity index (χ4v) is 4.71. The molecule has 32 heavy (non-hydrogen) atoms. The van der Waals surface area contributed by atoms with Crippen LogP contribution in [0.1, 0.15) is 52.0 Å². The van der Waals surface area contributed by atoms with Crippen molar-refractivity contribution >= 4 is 81.5 Å². The topological polar surface area (TPSA) is 150 Å². The fourth-order valence-electron chi connectivity index (χ4n) is 3.04. The number of nitrogens with two attached hydrogens (primary N) is 2. The van der Waals surface area contributed by atoms with Crippen LogP contribution < -0.4 is 11.5 Å². The Labute approximate surface area is 210 Å². The monoisotopic (exact) mass is 630 g/mol. The Bertz CT molecular complexity index is 1180. The molecular weight excluding hydrogens is 608 g/mol. The van der Waals surface area contributed by atoms with E-state index in [1.807, 2.05) is 4.68 Å². The maximum atomic E-state index is 5.80. The first-order valence-electron chi connectivity index (χ1n) is 9.84. The van der Waals surface area contributed by atoms with Crippen LogP contribution in [0.4, 0.5) is 11.6 Å². The minimum absolute atomic E-state index is 0. The second-order valence-corrected chi connectivity index (χ2v) is 10.1. The molecule has 4 aromatic rings. The van der Waals surface area contributed by atoms with E-state index in [1.165, 1.54) is 51.2 Å². The van der Waals surface area contributed by atoms with Gasteiger partial charge in [0.2, 0.25) is 0 Å². The number of halogens is 3. The first-order chi connectivity index (χ1) is 15.0. The lowest BCUT2D eigenvalue weighted by Crippen LogP contribution is -2.18. The van der Waals surface area contributed by atoms with Crippen molar-refractivity contribution in [3.63, 3.8) is 0 Å². The summed E-state index contributed by atoms with van der Waals surface area (Å²) < 4.78 is 3.41. The van der Waals surface area contributed by atoms with Crippen molar-refractivity contribution in [3.8, 4) is 0 Å². The standard InChI is InChI=1S/C9H10BrN5.C5H4BrN5.C4H7Br.CH4/c10-7-6-8(11)12-4-13-9(6)15(14-7)5-2-1-3-5;6-3-2-4(7)8-1-9-5(2)11-10-3;5-4-2-1-3-4;/h4-5H,1-3H2,(H2,11,12,13);1H,(H3,7,8,9,10,11);4H,1-3H2;1H4. The van der Waals surface area contributed by atoms with Crippen LogP contribution in [0.5, 0.6) is 0 Å². The number of nitrogens with one attached hydrogen (secondary N) is 1. The number of rotatable bonds is 1. The first kappa shape index (κ1) is 24.8. The molecule has 2 aliphatic rings. The van der Waals surface area contributed by atoms with Gasteiger partial charge in [0.05, 0.1) is 16.8 Å². The summed E-state index contributed by atoms with van der Waals surface area (Å²) in [5, 5.41) is 12.6. The highest BCUT2D eigenvalue weighted by Gasteiger charge is 2.24. The van der Waals surface area contributed by atoms with Crippen molar-refractivity contribution in [1.29, 1.82) is 0 Å². The molecule has 6 rings (SSSR count). The molecule has 2 aliphatic carbocycles. The SMILES string of the molecule is BrC1CCC1.C.Nc1ncnc2c1c(Br)nn2C1CCC1.Nc1ncnc2n[nH]c(Br)c12. The Morgan fingerprint density at radius 3 is 2.03 bits per heavy atom. The molecule has 2 saturated carbocycles. The number of fused-ring (bicyclic) bond motifs is 2.